The van der Waals surface area contributed by atoms with Gasteiger partial charge in [-0.05, 0) is 19.9 Å². The Bertz CT molecular complexity index is 781. The predicted octanol–water partition coefficient (Wildman–Crippen LogP) is -3.41. The number of nitrogens with zero attached hydrogens (tertiary/aromatic N) is 4. The first kappa shape index (κ1) is 34.8. The molecule has 0 saturated carbocycles. The standard InChI is InChI=1S/C22H40N6O10/c1-17(29)11-27(15-21(35)36)9-7-25(13-19(31)32)5-6-26(14-20(33)34)8-10-28(16-22(37)38)12-18(30)24-4-2-3-23/h2-16,23H2,1H3,(H,24,30)(H,31,32)(H,33,34)(H,35,36)(H,37,38). The van der Waals surface area contributed by atoms with E-state index in [9.17, 15) is 44.1 Å². The monoisotopic (exact) mass is 548 g/mol. The molecule has 218 valence electrons. The predicted molar refractivity (Wildman–Crippen MR) is 134 cm³/mol. The van der Waals surface area contributed by atoms with Crippen molar-refractivity contribution in [2.75, 3.05) is 91.6 Å². The topological polar surface area (TPSA) is 234 Å². The SMILES string of the molecule is CC(=O)CN(CCN(CCN(CCN(CC(=O)O)CC(=O)NCCCN)CC(=O)O)CC(=O)O)CC(=O)O. The summed E-state index contributed by atoms with van der Waals surface area (Å²) in [6.45, 7) is 0.668. The maximum absolute atomic E-state index is 12.1. The van der Waals surface area contributed by atoms with Gasteiger partial charge in [0.1, 0.15) is 5.78 Å². The summed E-state index contributed by atoms with van der Waals surface area (Å²) in [4.78, 5) is 74.2. The maximum Gasteiger partial charge on any atom is 0.317 e. The molecule has 16 nitrogen and oxygen atoms in total. The normalized spacial score (nSPS) is 11.3. The van der Waals surface area contributed by atoms with Crippen LogP contribution >= 0.6 is 0 Å². The van der Waals surface area contributed by atoms with E-state index in [4.69, 9.17) is 10.8 Å². The first-order valence-electron chi connectivity index (χ1n) is 12.0. The van der Waals surface area contributed by atoms with Gasteiger partial charge in [0, 0.05) is 45.8 Å². The molecule has 38 heavy (non-hydrogen) atoms. The van der Waals surface area contributed by atoms with Gasteiger partial charge in [-0.1, -0.05) is 0 Å². The second-order valence-corrected chi connectivity index (χ2v) is 8.74. The molecule has 0 aromatic rings. The van der Waals surface area contributed by atoms with Crippen LogP contribution in [0.3, 0.4) is 0 Å². The van der Waals surface area contributed by atoms with Crippen LogP contribution in [0.2, 0.25) is 0 Å². The quantitative estimate of drug-likeness (QED) is 0.0644. The van der Waals surface area contributed by atoms with E-state index in [0.717, 1.165) is 0 Å². The maximum atomic E-state index is 12.1. The Hall–Kier alpha value is -3.18. The zero-order valence-corrected chi connectivity index (χ0v) is 21.7. The number of nitrogens with two attached hydrogens (primary N) is 1. The molecule has 0 aromatic carbocycles. The second kappa shape index (κ2) is 19.9. The second-order valence-electron chi connectivity index (χ2n) is 8.74. The van der Waals surface area contributed by atoms with Crippen LogP contribution in [-0.2, 0) is 28.8 Å². The molecule has 0 aliphatic rings. The molecule has 0 fully saturated rings. The molecule has 0 aromatic heterocycles. The highest BCUT2D eigenvalue weighted by molar-refractivity contribution is 5.79. The number of nitrogens with one attached hydrogen (secondary N) is 1. The lowest BCUT2D eigenvalue weighted by atomic mass is 10.3. The summed E-state index contributed by atoms with van der Waals surface area (Å²) in [6.07, 6.45) is 0.562. The summed E-state index contributed by atoms with van der Waals surface area (Å²) in [6, 6.07) is 0. The van der Waals surface area contributed by atoms with Crippen LogP contribution in [0.4, 0.5) is 0 Å². The van der Waals surface area contributed by atoms with Crippen LogP contribution in [0.15, 0.2) is 0 Å². The van der Waals surface area contributed by atoms with E-state index in [2.05, 4.69) is 5.32 Å². The average Bonchev–Trinajstić information content (AvgIpc) is 2.77. The Morgan fingerprint density at radius 2 is 0.921 bits per heavy atom. The molecule has 0 heterocycles. The summed E-state index contributed by atoms with van der Waals surface area (Å²) in [5.74, 6) is -5.22. The molecular weight excluding hydrogens is 508 g/mol. The van der Waals surface area contributed by atoms with Crippen LogP contribution < -0.4 is 11.1 Å². The first-order chi connectivity index (χ1) is 17.8. The van der Waals surface area contributed by atoms with Gasteiger partial charge < -0.3 is 31.5 Å². The van der Waals surface area contributed by atoms with Crippen molar-refractivity contribution in [3.8, 4) is 0 Å². The molecular formula is C22H40N6O10. The van der Waals surface area contributed by atoms with E-state index in [1.165, 1.54) is 26.5 Å². The van der Waals surface area contributed by atoms with Crippen LogP contribution in [0.1, 0.15) is 13.3 Å². The lowest BCUT2D eigenvalue weighted by Gasteiger charge is -2.29. The smallest absolute Gasteiger partial charge is 0.317 e. The van der Waals surface area contributed by atoms with E-state index in [0.29, 0.717) is 19.5 Å². The van der Waals surface area contributed by atoms with Crippen molar-refractivity contribution >= 4 is 35.6 Å². The third-order valence-corrected chi connectivity index (χ3v) is 5.15. The summed E-state index contributed by atoms with van der Waals surface area (Å²) in [5, 5.41) is 39.4. The van der Waals surface area contributed by atoms with Crippen molar-refractivity contribution in [3.05, 3.63) is 0 Å². The third kappa shape index (κ3) is 19.9. The Morgan fingerprint density at radius 3 is 1.26 bits per heavy atom. The molecule has 0 spiro atoms. The Labute approximate surface area is 220 Å². The number of hydrogen-bond donors (Lipinski definition) is 6. The van der Waals surface area contributed by atoms with E-state index in [1.807, 2.05) is 0 Å². The van der Waals surface area contributed by atoms with Crippen molar-refractivity contribution in [1.29, 1.82) is 0 Å². The van der Waals surface area contributed by atoms with Crippen molar-refractivity contribution in [3.63, 3.8) is 0 Å². The number of carbonyl (C=O) groups is 6. The van der Waals surface area contributed by atoms with Gasteiger partial charge in [0.05, 0.1) is 39.3 Å². The number of aliphatic carboxylic acids is 4. The molecule has 0 radical (unpaired) electrons. The largest absolute Gasteiger partial charge is 0.480 e. The fraction of sp³-hybridized carbons (Fsp3) is 0.727. The molecule has 0 saturated heterocycles. The third-order valence-electron chi connectivity index (χ3n) is 5.15. The van der Waals surface area contributed by atoms with Crippen molar-refractivity contribution in [2.24, 2.45) is 5.73 Å². The lowest BCUT2D eigenvalue weighted by molar-refractivity contribution is -0.141. The molecule has 0 rings (SSSR count). The Balaban J connectivity index is 5.19. The van der Waals surface area contributed by atoms with E-state index >= 15 is 0 Å². The Morgan fingerprint density at radius 1 is 0.579 bits per heavy atom. The number of hydrogen-bond acceptors (Lipinski definition) is 11. The highest BCUT2D eigenvalue weighted by Gasteiger charge is 2.20. The number of Topliss-reactive ketones (excluding diaryl/α,β-unsaturated/α-hetero) is 1. The number of amides is 1. The van der Waals surface area contributed by atoms with Crippen LogP contribution in [-0.4, -0.2) is 167 Å². The summed E-state index contributed by atoms with van der Waals surface area (Å²) < 4.78 is 0. The molecule has 0 atom stereocenters. The number of carboxylic acid groups (broad SMARTS) is 4. The van der Waals surface area contributed by atoms with Crippen molar-refractivity contribution < 1.29 is 49.2 Å². The summed E-state index contributed by atoms with van der Waals surface area (Å²) >= 11 is 0. The molecule has 0 aliphatic heterocycles. The van der Waals surface area contributed by atoms with Gasteiger partial charge in [0.25, 0.3) is 0 Å². The first-order valence-corrected chi connectivity index (χ1v) is 12.0. The van der Waals surface area contributed by atoms with E-state index in [-0.39, 0.29) is 58.1 Å². The number of rotatable bonds is 24. The summed E-state index contributed by atoms with van der Waals surface area (Å²) in [5.41, 5.74) is 5.38. The fourth-order valence-corrected chi connectivity index (χ4v) is 3.49. The van der Waals surface area contributed by atoms with E-state index < -0.39 is 56.0 Å². The van der Waals surface area contributed by atoms with Crippen molar-refractivity contribution in [1.82, 2.24) is 24.9 Å². The van der Waals surface area contributed by atoms with Crippen LogP contribution in [0.25, 0.3) is 0 Å². The number of carbonyl (C=O) groups excluding carboxylic acids is 2. The fourth-order valence-electron chi connectivity index (χ4n) is 3.49. The molecule has 7 N–H and O–H groups in total. The van der Waals surface area contributed by atoms with Crippen molar-refractivity contribution in [2.45, 2.75) is 13.3 Å². The minimum atomic E-state index is -1.16. The van der Waals surface area contributed by atoms with Crippen LogP contribution in [0.5, 0.6) is 0 Å². The van der Waals surface area contributed by atoms with Crippen LogP contribution in [0, 0.1) is 0 Å². The molecule has 0 bridgehead atoms. The lowest BCUT2D eigenvalue weighted by Crippen LogP contribution is -2.47. The van der Waals surface area contributed by atoms with Gasteiger partial charge in [-0.2, -0.15) is 0 Å². The Kier molecular flexibility index (Phi) is 18.2. The van der Waals surface area contributed by atoms with Gasteiger partial charge in [-0.25, -0.2) is 0 Å². The summed E-state index contributed by atoms with van der Waals surface area (Å²) in [7, 11) is 0. The van der Waals surface area contributed by atoms with E-state index in [1.54, 1.807) is 0 Å². The molecule has 16 heteroatoms. The number of ketones is 1. The molecule has 0 unspecified atom stereocenters. The number of carboxylic acids is 4. The zero-order valence-electron chi connectivity index (χ0n) is 21.7. The minimum absolute atomic E-state index is 0.0633. The average molecular weight is 549 g/mol. The van der Waals surface area contributed by atoms with Gasteiger partial charge >= 0.3 is 23.9 Å². The van der Waals surface area contributed by atoms with Gasteiger partial charge in [-0.3, -0.25) is 48.4 Å². The van der Waals surface area contributed by atoms with Gasteiger partial charge in [0.2, 0.25) is 5.91 Å². The van der Waals surface area contributed by atoms with Gasteiger partial charge in [0.15, 0.2) is 0 Å². The highest BCUT2D eigenvalue weighted by Crippen LogP contribution is 1.99. The van der Waals surface area contributed by atoms with Gasteiger partial charge in [-0.15, -0.1) is 0 Å². The zero-order chi connectivity index (χ0) is 29.1. The molecule has 1 amide bonds. The highest BCUT2D eigenvalue weighted by atomic mass is 16.4. The molecule has 0 aliphatic carbocycles. The minimum Gasteiger partial charge on any atom is -0.480 e.